The third-order valence-electron chi connectivity index (χ3n) is 6.39. The fourth-order valence-corrected chi connectivity index (χ4v) is 4.56. The molecule has 0 unspecified atom stereocenters. The summed E-state index contributed by atoms with van der Waals surface area (Å²) in [5.74, 6) is 3.22. The van der Waals surface area contributed by atoms with Crippen molar-refractivity contribution in [3.63, 3.8) is 0 Å². The van der Waals surface area contributed by atoms with Gasteiger partial charge in [-0.15, -0.1) is 0 Å². The van der Waals surface area contributed by atoms with Crippen molar-refractivity contribution in [2.75, 3.05) is 19.5 Å². The number of nitrogens with zero attached hydrogens (tertiary/aromatic N) is 3. The lowest BCUT2D eigenvalue weighted by atomic mass is 10.0. The average molecular weight is 445 g/mol. The Hall–Kier alpha value is -3.88. The number of aryl methyl sites for hydroxylation is 1. The number of carbonyl (C=O) groups excluding carboxylic acids is 1. The van der Waals surface area contributed by atoms with Gasteiger partial charge in [0.05, 0.1) is 25.2 Å². The normalized spacial score (nSPS) is 15.2. The van der Waals surface area contributed by atoms with E-state index in [-0.39, 0.29) is 5.78 Å². The maximum atomic E-state index is 13.0. The second-order valence-corrected chi connectivity index (χ2v) is 8.42. The number of hydrogen-bond donors (Lipinski definition) is 2. The molecule has 1 aromatic carbocycles. The van der Waals surface area contributed by atoms with Crippen LogP contribution in [-0.2, 0) is 13.0 Å². The second kappa shape index (κ2) is 7.61. The fourth-order valence-electron chi connectivity index (χ4n) is 4.56. The van der Waals surface area contributed by atoms with E-state index < -0.39 is 0 Å². The molecule has 33 heavy (non-hydrogen) atoms. The van der Waals surface area contributed by atoms with Crippen molar-refractivity contribution in [1.29, 1.82) is 0 Å². The molecule has 3 aromatic heterocycles. The molecule has 1 saturated carbocycles. The predicted octanol–water partition coefficient (Wildman–Crippen LogP) is 4.25. The highest BCUT2D eigenvalue weighted by atomic mass is 16.5. The van der Waals surface area contributed by atoms with Gasteiger partial charge in [0, 0.05) is 41.8 Å². The highest BCUT2D eigenvalue weighted by Gasteiger charge is 2.38. The number of nitrogens with one attached hydrogen (secondary N) is 2. The molecule has 2 N–H and O–H groups in total. The molecule has 2 aliphatic rings. The molecule has 6 rings (SSSR count). The lowest BCUT2D eigenvalue weighted by molar-refractivity contribution is 0.0982. The molecule has 0 spiro atoms. The lowest BCUT2D eigenvalue weighted by Gasteiger charge is -2.12. The van der Waals surface area contributed by atoms with Gasteiger partial charge in [0.25, 0.3) is 0 Å². The zero-order chi connectivity index (χ0) is 22.5. The highest BCUT2D eigenvalue weighted by molar-refractivity contribution is 6.10. The third kappa shape index (κ3) is 3.23. The molecular formula is C24H23N5O4. The van der Waals surface area contributed by atoms with Gasteiger partial charge in [0.15, 0.2) is 11.5 Å². The van der Waals surface area contributed by atoms with Crippen LogP contribution < -0.4 is 14.8 Å². The number of hydrogen-bond acceptors (Lipinski definition) is 8. The Morgan fingerprint density at radius 1 is 1.15 bits per heavy atom. The molecule has 9 heteroatoms. The van der Waals surface area contributed by atoms with Crippen molar-refractivity contribution in [3.8, 4) is 22.8 Å². The van der Waals surface area contributed by atoms with Crippen molar-refractivity contribution in [2.24, 2.45) is 0 Å². The molecule has 9 nitrogen and oxygen atoms in total. The summed E-state index contributed by atoms with van der Waals surface area (Å²) >= 11 is 0. The Morgan fingerprint density at radius 3 is 2.82 bits per heavy atom. The maximum Gasteiger partial charge on any atom is 0.169 e. The molecule has 168 valence electrons. The van der Waals surface area contributed by atoms with Crippen LogP contribution in [0.4, 0.5) is 5.82 Å². The molecule has 0 atom stereocenters. The first kappa shape index (κ1) is 19.8. The predicted molar refractivity (Wildman–Crippen MR) is 121 cm³/mol. The van der Waals surface area contributed by atoms with Crippen LogP contribution in [-0.4, -0.2) is 40.1 Å². The Kier molecular flexibility index (Phi) is 4.56. The molecule has 4 aromatic rings. The van der Waals surface area contributed by atoms with E-state index in [1.54, 1.807) is 14.2 Å². The Labute approximate surface area is 189 Å². The zero-order valence-electron chi connectivity index (χ0n) is 18.4. The molecular weight excluding hydrogens is 422 g/mol. The summed E-state index contributed by atoms with van der Waals surface area (Å²) in [6.45, 7) is 0.483. The molecule has 3 heterocycles. The van der Waals surface area contributed by atoms with Crippen LogP contribution in [0.1, 0.15) is 52.6 Å². The van der Waals surface area contributed by atoms with E-state index in [1.165, 1.54) is 6.33 Å². The number of aromatic amines is 1. The van der Waals surface area contributed by atoms with Crippen LogP contribution in [0.25, 0.3) is 22.3 Å². The number of rotatable bonds is 6. The maximum absolute atomic E-state index is 13.0. The van der Waals surface area contributed by atoms with Gasteiger partial charge in [-0.1, -0.05) is 5.16 Å². The number of fused-ring (bicyclic) bond motifs is 5. The van der Waals surface area contributed by atoms with Crippen molar-refractivity contribution in [1.82, 2.24) is 20.1 Å². The number of ketones is 1. The molecule has 0 radical (unpaired) electrons. The fraction of sp³-hybridized carbons (Fsp3) is 0.333. The van der Waals surface area contributed by atoms with E-state index in [0.29, 0.717) is 48.0 Å². The summed E-state index contributed by atoms with van der Waals surface area (Å²) in [6, 6.07) is 5.70. The molecule has 0 amide bonds. The second-order valence-electron chi connectivity index (χ2n) is 8.42. The topological polar surface area (TPSA) is 115 Å². The van der Waals surface area contributed by atoms with Crippen molar-refractivity contribution in [3.05, 3.63) is 47.1 Å². The number of methoxy groups -OCH3 is 2. The molecule has 0 bridgehead atoms. The van der Waals surface area contributed by atoms with Gasteiger partial charge in [-0.05, 0) is 31.4 Å². The summed E-state index contributed by atoms with van der Waals surface area (Å²) < 4.78 is 16.5. The summed E-state index contributed by atoms with van der Waals surface area (Å²) in [7, 11) is 3.26. The van der Waals surface area contributed by atoms with Gasteiger partial charge >= 0.3 is 0 Å². The van der Waals surface area contributed by atoms with Crippen LogP contribution in [0.5, 0.6) is 11.5 Å². The van der Waals surface area contributed by atoms with Gasteiger partial charge in [-0.25, -0.2) is 9.97 Å². The molecule has 1 fully saturated rings. The lowest BCUT2D eigenvalue weighted by Crippen LogP contribution is -2.05. The Morgan fingerprint density at radius 2 is 2.03 bits per heavy atom. The van der Waals surface area contributed by atoms with E-state index in [4.69, 9.17) is 14.0 Å². The van der Waals surface area contributed by atoms with Crippen molar-refractivity contribution in [2.45, 2.75) is 38.1 Å². The van der Waals surface area contributed by atoms with E-state index in [0.717, 1.165) is 52.3 Å². The number of ether oxygens (including phenoxy) is 2. The zero-order valence-corrected chi connectivity index (χ0v) is 18.4. The summed E-state index contributed by atoms with van der Waals surface area (Å²) in [6.07, 6.45) is 4.60. The van der Waals surface area contributed by atoms with Gasteiger partial charge in [0.2, 0.25) is 0 Å². The minimum absolute atomic E-state index is 0.0835. The summed E-state index contributed by atoms with van der Waals surface area (Å²) in [5.41, 5.74) is 4.67. The largest absolute Gasteiger partial charge is 0.497 e. The minimum Gasteiger partial charge on any atom is -0.497 e. The Bertz CT molecular complexity index is 1390. The number of Topliss-reactive ketones (excluding diaryl/α,β-unsaturated/α-hetero) is 1. The van der Waals surface area contributed by atoms with E-state index >= 15 is 0 Å². The SMILES string of the molecule is COc1ccc(CNc2ncnc3[nH]c4c(c23)-c2noc(C3CC3)c2C(=O)CC4)c(OC)c1. The van der Waals surface area contributed by atoms with E-state index in [2.05, 4.69) is 25.4 Å². The van der Waals surface area contributed by atoms with Gasteiger partial charge < -0.3 is 24.3 Å². The first-order chi connectivity index (χ1) is 16.2. The van der Waals surface area contributed by atoms with Crippen LogP contribution in [0.3, 0.4) is 0 Å². The average Bonchev–Trinajstić information content (AvgIpc) is 3.51. The number of anilines is 1. The first-order valence-corrected chi connectivity index (χ1v) is 11.0. The van der Waals surface area contributed by atoms with Gasteiger partial charge in [-0.2, -0.15) is 0 Å². The number of benzene rings is 1. The Balaban J connectivity index is 1.44. The summed E-state index contributed by atoms with van der Waals surface area (Å²) in [4.78, 5) is 25.3. The third-order valence-corrected chi connectivity index (χ3v) is 6.39. The molecule has 0 aliphatic heterocycles. The number of aromatic nitrogens is 4. The number of carbonyl (C=O) groups is 1. The molecule has 0 saturated heterocycles. The van der Waals surface area contributed by atoms with Crippen LogP contribution in [0, 0.1) is 0 Å². The quantitative estimate of drug-likeness (QED) is 0.453. The smallest absolute Gasteiger partial charge is 0.169 e. The summed E-state index contributed by atoms with van der Waals surface area (Å²) in [5, 5.41) is 8.60. The highest BCUT2D eigenvalue weighted by Crippen LogP contribution is 2.47. The van der Waals surface area contributed by atoms with Crippen LogP contribution >= 0.6 is 0 Å². The minimum atomic E-state index is 0.0835. The van der Waals surface area contributed by atoms with Crippen LogP contribution in [0.15, 0.2) is 29.0 Å². The number of H-pyrrole nitrogens is 1. The van der Waals surface area contributed by atoms with Gasteiger partial charge in [0.1, 0.15) is 35.0 Å². The van der Waals surface area contributed by atoms with Crippen LogP contribution in [0.2, 0.25) is 0 Å². The van der Waals surface area contributed by atoms with E-state index in [1.807, 2.05) is 18.2 Å². The first-order valence-electron chi connectivity index (χ1n) is 11.0. The standard InChI is InChI=1S/C24H23N5O4/c1-31-14-6-5-13(17(9-14)32-2)10-25-23-20-18-15(28-24(20)27-11-26-23)7-8-16(30)19-21(18)29-33-22(19)12-3-4-12/h5-6,9,11-12H,3-4,7-8,10H2,1-2H3,(H2,25,26,27,28). The molecule has 2 aliphatic carbocycles. The van der Waals surface area contributed by atoms with Crippen molar-refractivity contribution >= 4 is 22.6 Å². The van der Waals surface area contributed by atoms with E-state index in [9.17, 15) is 4.79 Å². The van der Waals surface area contributed by atoms with Crippen molar-refractivity contribution < 1.29 is 18.8 Å². The van der Waals surface area contributed by atoms with Gasteiger partial charge in [-0.3, -0.25) is 4.79 Å². The monoisotopic (exact) mass is 445 g/mol.